The van der Waals surface area contributed by atoms with Crippen LogP contribution in [0.3, 0.4) is 0 Å². The van der Waals surface area contributed by atoms with Crippen molar-refractivity contribution in [3.8, 4) is 0 Å². The van der Waals surface area contributed by atoms with Crippen molar-refractivity contribution >= 4 is 52.5 Å². The molecule has 0 radical (unpaired) electrons. The highest BCUT2D eigenvalue weighted by Crippen LogP contribution is 2.59. The van der Waals surface area contributed by atoms with Gasteiger partial charge < -0.3 is 5.11 Å². The Morgan fingerprint density at radius 1 is 1.08 bits per heavy atom. The van der Waals surface area contributed by atoms with Gasteiger partial charge in [0.05, 0.1) is 18.9 Å². The molecule has 0 bridgehead atoms. The molecular weight excluding hydrogens is 556 g/mol. The molecule has 1 saturated heterocycles. The van der Waals surface area contributed by atoms with Crippen molar-refractivity contribution in [2.75, 3.05) is 0 Å². The average Bonchev–Trinajstić information content (AvgIpc) is 3.17. The Hall–Kier alpha value is -2.69. The first kappa shape index (κ1) is 27.3. The number of hydroxylamine groups is 2. The Bertz CT molecular complexity index is 1400. The maximum atomic E-state index is 15.0. The van der Waals surface area contributed by atoms with Crippen LogP contribution >= 0.6 is 34.8 Å². The van der Waals surface area contributed by atoms with Gasteiger partial charge in [0.1, 0.15) is 5.15 Å². The second-order valence-electron chi connectivity index (χ2n) is 8.67. The Morgan fingerprint density at radius 2 is 1.73 bits per heavy atom. The summed E-state index contributed by atoms with van der Waals surface area (Å²) in [5.41, 5.74) is -2.95. The zero-order chi connectivity index (χ0) is 27.3. The monoisotopic (exact) mass is 573 g/mol. The minimum Gasteiger partial charge on any atom is -0.478 e. The third-order valence-electron chi connectivity index (χ3n) is 6.38. The van der Waals surface area contributed by atoms with Crippen molar-refractivity contribution in [2.45, 2.75) is 38.1 Å². The Balaban J connectivity index is 2.07. The fraction of sp³-hybridized carbons (Fsp3) is 0.240. The quantitative estimate of drug-likeness (QED) is 0.259. The molecule has 1 N–H and O–H groups in total. The number of carbonyl (C=O) groups excluding carboxylic acids is 1. The predicted molar refractivity (Wildman–Crippen MR) is 132 cm³/mol. The second-order valence-corrected chi connectivity index (χ2v) is 9.93. The standard InChI is InChI=1S/C25H18Cl3F3N2O4/c1-13-8-15(6-7-19(13)23(35)36)20-12-24(25(29,30)31,16-9-17(26)11-18(27)10-16)37-33(20,14(2)34)22-5-3-4-21(28)32-22/h3-11,20H,12H2,1-2H3/p+1. The summed E-state index contributed by atoms with van der Waals surface area (Å²) < 4.78 is 43.8. The van der Waals surface area contributed by atoms with Gasteiger partial charge in [-0.3, -0.25) is 0 Å². The lowest BCUT2D eigenvalue weighted by molar-refractivity contribution is -0.315. The van der Waals surface area contributed by atoms with Crippen LogP contribution in [0.15, 0.2) is 54.6 Å². The van der Waals surface area contributed by atoms with Crippen LogP contribution in [0, 0.1) is 6.92 Å². The number of pyridine rings is 1. The number of quaternary nitrogens is 1. The fourth-order valence-electron chi connectivity index (χ4n) is 4.73. The van der Waals surface area contributed by atoms with Crippen LogP contribution in [0.2, 0.25) is 15.2 Å². The van der Waals surface area contributed by atoms with Crippen molar-refractivity contribution in [3.63, 3.8) is 0 Å². The van der Waals surface area contributed by atoms with Gasteiger partial charge in [-0.05, 0) is 48.9 Å². The van der Waals surface area contributed by atoms with E-state index in [9.17, 15) is 14.7 Å². The molecule has 3 unspecified atom stereocenters. The Labute approximate surface area is 224 Å². The fourth-order valence-corrected chi connectivity index (χ4v) is 5.42. The van der Waals surface area contributed by atoms with E-state index in [1.165, 1.54) is 49.4 Å². The van der Waals surface area contributed by atoms with Crippen molar-refractivity contribution in [1.82, 2.24) is 9.63 Å². The van der Waals surface area contributed by atoms with Crippen molar-refractivity contribution in [1.29, 1.82) is 0 Å². The van der Waals surface area contributed by atoms with E-state index < -0.39 is 46.3 Å². The number of alkyl halides is 3. The number of carboxylic acid groups (broad SMARTS) is 1. The molecule has 1 aromatic heterocycles. The van der Waals surface area contributed by atoms with Crippen LogP contribution in [0.4, 0.5) is 19.0 Å². The zero-order valence-electron chi connectivity index (χ0n) is 19.3. The smallest absolute Gasteiger partial charge is 0.428 e. The van der Waals surface area contributed by atoms with E-state index in [0.717, 1.165) is 19.1 Å². The summed E-state index contributed by atoms with van der Waals surface area (Å²) in [5.74, 6) is -2.18. The normalized spacial score (nSPS) is 23.7. The van der Waals surface area contributed by atoms with Crippen LogP contribution in [-0.2, 0) is 15.2 Å². The molecule has 3 aromatic rings. The molecular formula is C25H19Cl3F3N2O4+. The van der Waals surface area contributed by atoms with Crippen LogP contribution in [0.5, 0.6) is 0 Å². The molecule has 4 rings (SSSR count). The number of carboxylic acids is 1. The third kappa shape index (κ3) is 4.59. The van der Waals surface area contributed by atoms with Gasteiger partial charge in [0.2, 0.25) is 0 Å². The number of benzene rings is 2. The summed E-state index contributed by atoms with van der Waals surface area (Å²) in [7, 11) is 0. The zero-order valence-corrected chi connectivity index (χ0v) is 21.6. The summed E-state index contributed by atoms with van der Waals surface area (Å²) in [4.78, 5) is 34.9. The first-order valence-electron chi connectivity index (χ1n) is 10.8. The molecule has 1 aliphatic heterocycles. The maximum absolute atomic E-state index is 15.0. The molecule has 0 saturated carbocycles. The number of aryl methyl sites for hydroxylation is 1. The molecule has 1 fully saturated rings. The number of nitrogens with zero attached hydrogens (tertiary/aromatic N) is 2. The van der Waals surface area contributed by atoms with Gasteiger partial charge in [-0.2, -0.15) is 23.0 Å². The molecule has 1 amide bonds. The Kier molecular flexibility index (Phi) is 7.07. The number of amides is 1. The van der Waals surface area contributed by atoms with E-state index in [1.54, 1.807) is 0 Å². The lowest BCUT2D eigenvalue weighted by Crippen LogP contribution is -2.55. The largest absolute Gasteiger partial charge is 0.478 e. The number of aromatic nitrogens is 1. The molecule has 2 aromatic carbocycles. The molecule has 0 spiro atoms. The van der Waals surface area contributed by atoms with Crippen LogP contribution in [-0.4, -0.2) is 28.1 Å². The Morgan fingerprint density at radius 3 is 2.24 bits per heavy atom. The molecule has 0 aliphatic carbocycles. The molecule has 37 heavy (non-hydrogen) atoms. The van der Waals surface area contributed by atoms with Gasteiger partial charge in [0.15, 0.2) is 6.04 Å². The number of halogens is 6. The molecule has 12 heteroatoms. The summed E-state index contributed by atoms with van der Waals surface area (Å²) in [5, 5.41) is 9.26. The van der Waals surface area contributed by atoms with Gasteiger partial charge in [-0.25, -0.2) is 9.59 Å². The summed E-state index contributed by atoms with van der Waals surface area (Å²) in [6.07, 6.45) is -5.81. The highest BCUT2D eigenvalue weighted by molar-refractivity contribution is 6.34. The lowest BCUT2D eigenvalue weighted by Gasteiger charge is -2.34. The molecule has 2 heterocycles. The minimum absolute atomic E-state index is 0.0341. The van der Waals surface area contributed by atoms with Crippen LogP contribution in [0.1, 0.15) is 46.4 Å². The van der Waals surface area contributed by atoms with Gasteiger partial charge in [0.25, 0.3) is 11.4 Å². The van der Waals surface area contributed by atoms with E-state index in [1.807, 2.05) is 0 Å². The highest BCUT2D eigenvalue weighted by atomic mass is 35.5. The number of hydrogen-bond donors (Lipinski definition) is 1. The van der Waals surface area contributed by atoms with E-state index in [-0.39, 0.29) is 32.1 Å². The number of rotatable bonds is 4. The van der Waals surface area contributed by atoms with E-state index in [0.29, 0.717) is 5.56 Å². The summed E-state index contributed by atoms with van der Waals surface area (Å²) in [6.45, 7) is 2.60. The van der Waals surface area contributed by atoms with Gasteiger partial charge in [-0.15, -0.1) is 0 Å². The molecule has 6 nitrogen and oxygen atoms in total. The second kappa shape index (κ2) is 9.56. The SMILES string of the molecule is CC(=O)[N+]1(c2cccc(Cl)n2)OC(c2cc(Cl)cc(Cl)c2)(C(F)(F)F)CC1c1ccc(C(=O)O)c(C)c1. The van der Waals surface area contributed by atoms with E-state index in [2.05, 4.69) is 4.98 Å². The predicted octanol–water partition coefficient (Wildman–Crippen LogP) is 7.44. The summed E-state index contributed by atoms with van der Waals surface area (Å²) in [6, 6.07) is 10.4. The minimum atomic E-state index is -5.04. The van der Waals surface area contributed by atoms with Crippen LogP contribution < -0.4 is 4.65 Å². The molecule has 1 aliphatic rings. The van der Waals surface area contributed by atoms with Gasteiger partial charge >= 0.3 is 18.1 Å². The van der Waals surface area contributed by atoms with Crippen LogP contribution in [0.25, 0.3) is 0 Å². The maximum Gasteiger partial charge on any atom is 0.428 e. The van der Waals surface area contributed by atoms with E-state index >= 15 is 13.2 Å². The van der Waals surface area contributed by atoms with Crippen molar-refractivity contribution in [2.24, 2.45) is 0 Å². The van der Waals surface area contributed by atoms with Gasteiger partial charge in [0, 0.05) is 27.2 Å². The topological polar surface area (TPSA) is 76.5 Å². The lowest BCUT2D eigenvalue weighted by atomic mass is 9.84. The molecule has 3 atom stereocenters. The molecule has 194 valence electrons. The van der Waals surface area contributed by atoms with Crippen molar-refractivity contribution in [3.05, 3.63) is 92.0 Å². The van der Waals surface area contributed by atoms with Crippen molar-refractivity contribution < 1.29 is 32.7 Å². The van der Waals surface area contributed by atoms with E-state index in [4.69, 9.17) is 39.6 Å². The third-order valence-corrected chi connectivity index (χ3v) is 7.03. The van der Waals surface area contributed by atoms with Gasteiger partial charge in [-0.1, -0.05) is 51.6 Å². The number of aromatic carboxylic acids is 1. The number of hydrogen-bond acceptors (Lipinski definition) is 4. The number of carbonyl (C=O) groups is 2. The highest BCUT2D eigenvalue weighted by Gasteiger charge is 2.73. The average molecular weight is 575 g/mol. The first-order valence-corrected chi connectivity index (χ1v) is 12.0. The first-order chi connectivity index (χ1) is 17.2. The summed E-state index contributed by atoms with van der Waals surface area (Å²) >= 11 is 18.2.